The Morgan fingerprint density at radius 2 is 1.64 bits per heavy atom. The van der Waals surface area contributed by atoms with Gasteiger partial charge in [0, 0.05) is 11.5 Å². The van der Waals surface area contributed by atoms with E-state index in [0.717, 1.165) is 16.7 Å². The summed E-state index contributed by atoms with van der Waals surface area (Å²) in [5, 5.41) is 27.2. The summed E-state index contributed by atoms with van der Waals surface area (Å²) in [6, 6.07) is 26.9. The number of hydrogen-bond acceptors (Lipinski definition) is 6. The third-order valence-electron chi connectivity index (χ3n) is 6.58. The zero-order valence-electron chi connectivity index (χ0n) is 17.9. The lowest BCUT2D eigenvalue weighted by molar-refractivity contribution is 0.0821. The Bertz CT molecular complexity index is 1300. The molecule has 0 bridgehead atoms. The molecule has 0 unspecified atom stereocenters. The van der Waals surface area contributed by atoms with Crippen molar-refractivity contribution in [3.63, 3.8) is 0 Å². The lowest BCUT2D eigenvalue weighted by Gasteiger charge is -2.33. The normalized spacial score (nSPS) is 21.9. The largest absolute Gasteiger partial charge is 0.497 e. The van der Waals surface area contributed by atoms with Crippen LogP contribution in [0.15, 0.2) is 84.0 Å². The Morgan fingerprint density at radius 1 is 0.970 bits per heavy atom. The monoisotopic (exact) mass is 432 g/mol. The number of carbonyl (C=O) groups is 1. The van der Waals surface area contributed by atoms with Gasteiger partial charge in [0.25, 0.3) is 0 Å². The summed E-state index contributed by atoms with van der Waals surface area (Å²) in [7, 11) is 1.57. The van der Waals surface area contributed by atoms with Crippen LogP contribution in [-0.4, -0.2) is 30.2 Å². The van der Waals surface area contributed by atoms with E-state index >= 15 is 0 Å². The zero-order valence-corrected chi connectivity index (χ0v) is 17.9. The minimum absolute atomic E-state index is 0.194. The molecule has 160 valence electrons. The molecule has 6 nitrogen and oxygen atoms in total. The molecule has 33 heavy (non-hydrogen) atoms. The fraction of sp³-hybridized carbons (Fsp3) is 0.185. The van der Waals surface area contributed by atoms with Crippen molar-refractivity contribution in [2.45, 2.75) is 18.0 Å². The second kappa shape index (κ2) is 7.93. The number of hydrogen-bond donors (Lipinski definition) is 0. The molecular formula is C27H20N4O2. The Hall–Kier alpha value is -4.42. The summed E-state index contributed by atoms with van der Waals surface area (Å²) < 4.78 is 5.23. The van der Waals surface area contributed by atoms with E-state index in [1.165, 1.54) is 0 Å². The van der Waals surface area contributed by atoms with E-state index in [9.17, 15) is 15.3 Å². The van der Waals surface area contributed by atoms with Crippen LogP contribution in [0.4, 0.5) is 0 Å². The number of ketones is 1. The molecule has 2 aliphatic rings. The van der Waals surface area contributed by atoms with Crippen LogP contribution in [0.2, 0.25) is 0 Å². The van der Waals surface area contributed by atoms with Gasteiger partial charge < -0.3 is 4.74 Å². The fourth-order valence-corrected chi connectivity index (χ4v) is 5.06. The predicted molar refractivity (Wildman–Crippen MR) is 123 cm³/mol. The Morgan fingerprint density at radius 3 is 2.30 bits per heavy atom. The molecule has 0 N–H and O–H groups in total. The van der Waals surface area contributed by atoms with Crippen molar-refractivity contribution in [3.8, 4) is 17.9 Å². The van der Waals surface area contributed by atoms with Gasteiger partial charge in [-0.2, -0.15) is 15.6 Å². The maximum atomic E-state index is 13.9. The van der Waals surface area contributed by atoms with Crippen LogP contribution in [0.5, 0.6) is 5.75 Å². The van der Waals surface area contributed by atoms with Gasteiger partial charge >= 0.3 is 0 Å². The molecule has 0 amide bonds. The molecule has 0 aromatic heterocycles. The van der Waals surface area contributed by atoms with Crippen LogP contribution >= 0.6 is 0 Å². The van der Waals surface area contributed by atoms with Crippen molar-refractivity contribution in [2.75, 3.05) is 7.11 Å². The molecule has 0 aliphatic carbocycles. The number of hydrazone groups is 1. The molecule has 2 heterocycles. The summed E-state index contributed by atoms with van der Waals surface area (Å²) in [6.45, 7) is 0. The van der Waals surface area contributed by atoms with Gasteiger partial charge in [0.05, 0.1) is 25.5 Å². The minimum Gasteiger partial charge on any atom is -0.497 e. The van der Waals surface area contributed by atoms with Gasteiger partial charge in [-0.15, -0.1) is 0 Å². The third kappa shape index (κ3) is 3.00. The number of nitrogens with zero attached hydrogens (tertiary/aromatic N) is 4. The first-order valence-electron chi connectivity index (χ1n) is 10.6. The topological polar surface area (TPSA) is 89.5 Å². The number of benzene rings is 3. The first-order valence-corrected chi connectivity index (χ1v) is 10.6. The molecule has 6 heteroatoms. The van der Waals surface area contributed by atoms with Crippen LogP contribution < -0.4 is 4.74 Å². The summed E-state index contributed by atoms with van der Waals surface area (Å²) in [4.78, 5) is 13.9. The first-order chi connectivity index (χ1) is 16.1. The average molecular weight is 432 g/mol. The van der Waals surface area contributed by atoms with E-state index in [4.69, 9.17) is 4.74 Å². The quantitative estimate of drug-likeness (QED) is 0.568. The lowest BCUT2D eigenvalue weighted by atomic mass is 9.67. The smallest absolute Gasteiger partial charge is 0.187 e. The number of rotatable bonds is 4. The number of Topliss-reactive ketones (excluding diaryl/α,β-unsaturated/α-hetero) is 1. The summed E-state index contributed by atoms with van der Waals surface area (Å²) in [6.07, 6.45) is 1.70. The molecule has 3 aromatic rings. The minimum atomic E-state index is -1.51. The van der Waals surface area contributed by atoms with Crippen molar-refractivity contribution in [2.24, 2.45) is 10.5 Å². The average Bonchev–Trinajstić information content (AvgIpc) is 3.20. The van der Waals surface area contributed by atoms with Gasteiger partial charge in [0.2, 0.25) is 0 Å². The first kappa shape index (κ1) is 20.5. The van der Waals surface area contributed by atoms with Gasteiger partial charge in [-0.25, -0.2) is 0 Å². The van der Waals surface area contributed by atoms with Crippen LogP contribution in [0.25, 0.3) is 0 Å². The molecule has 2 aliphatic heterocycles. The van der Waals surface area contributed by atoms with Crippen molar-refractivity contribution in [1.82, 2.24) is 5.01 Å². The third-order valence-corrected chi connectivity index (χ3v) is 6.58. The van der Waals surface area contributed by atoms with E-state index in [1.54, 1.807) is 42.6 Å². The highest BCUT2D eigenvalue weighted by Crippen LogP contribution is 2.59. The Kier molecular flexibility index (Phi) is 4.92. The van der Waals surface area contributed by atoms with Gasteiger partial charge in [-0.3, -0.25) is 9.80 Å². The highest BCUT2D eigenvalue weighted by Gasteiger charge is 2.64. The van der Waals surface area contributed by atoms with Crippen molar-refractivity contribution >= 4 is 12.0 Å². The molecule has 0 radical (unpaired) electrons. The van der Waals surface area contributed by atoms with Gasteiger partial charge in [-0.1, -0.05) is 54.6 Å². The molecule has 5 rings (SSSR count). The fourth-order valence-electron chi connectivity index (χ4n) is 5.06. The van der Waals surface area contributed by atoms with E-state index < -0.39 is 23.4 Å². The van der Waals surface area contributed by atoms with Crippen molar-refractivity contribution < 1.29 is 9.53 Å². The maximum absolute atomic E-state index is 13.9. The number of fused-ring (bicyclic) bond motifs is 3. The van der Waals surface area contributed by atoms with E-state index in [2.05, 4.69) is 17.2 Å². The number of methoxy groups -OCH3 is 1. The Balaban J connectivity index is 1.74. The van der Waals surface area contributed by atoms with Gasteiger partial charge in [-0.05, 0) is 41.0 Å². The summed E-state index contributed by atoms with van der Waals surface area (Å²) in [5.41, 5.74) is 1.39. The molecule has 0 spiro atoms. The standard InChI is InChI=1S/C27H20N4O2/c1-33-21-13-11-19(12-14-21)25(32)24-23(18-7-3-2-4-8-18)27(16-28,17-29)26-22-10-6-5-9-20(22)15-30-31(24)26/h2-15,23-24,26H,1H3/t23-,24+,26+/m0/s1. The van der Waals surface area contributed by atoms with E-state index in [1.807, 2.05) is 54.6 Å². The molecular weight excluding hydrogens is 412 g/mol. The Labute approximate surface area is 192 Å². The van der Waals surface area contributed by atoms with Crippen LogP contribution in [0.1, 0.15) is 39.0 Å². The second-order valence-electron chi connectivity index (χ2n) is 8.17. The summed E-state index contributed by atoms with van der Waals surface area (Å²) >= 11 is 0. The lowest BCUT2D eigenvalue weighted by Crippen LogP contribution is -2.38. The number of ether oxygens (including phenoxy) is 1. The highest BCUT2D eigenvalue weighted by atomic mass is 16.5. The van der Waals surface area contributed by atoms with E-state index in [0.29, 0.717) is 11.3 Å². The van der Waals surface area contributed by atoms with Gasteiger partial charge in [0.1, 0.15) is 17.8 Å². The SMILES string of the molecule is COc1ccc(C(=O)[C@H]2[C@H](c3ccccc3)C(C#N)(C#N)[C@H]3c4ccccc4C=NN23)cc1. The summed E-state index contributed by atoms with van der Waals surface area (Å²) in [5.74, 6) is -0.249. The second-order valence-corrected chi connectivity index (χ2v) is 8.17. The molecule has 3 aromatic carbocycles. The number of carbonyl (C=O) groups excluding carboxylic acids is 1. The predicted octanol–water partition coefficient (Wildman–Crippen LogP) is 4.47. The number of nitriles is 2. The zero-order chi connectivity index (χ0) is 23.0. The molecule has 3 atom stereocenters. The van der Waals surface area contributed by atoms with Crippen LogP contribution in [0.3, 0.4) is 0 Å². The van der Waals surface area contributed by atoms with Crippen molar-refractivity contribution in [1.29, 1.82) is 10.5 Å². The van der Waals surface area contributed by atoms with Crippen molar-refractivity contribution in [3.05, 3.63) is 101 Å². The van der Waals surface area contributed by atoms with Crippen LogP contribution in [-0.2, 0) is 0 Å². The van der Waals surface area contributed by atoms with Crippen LogP contribution in [0, 0.1) is 28.1 Å². The van der Waals surface area contributed by atoms with Gasteiger partial charge in [0.15, 0.2) is 11.2 Å². The molecule has 1 saturated heterocycles. The highest BCUT2D eigenvalue weighted by molar-refractivity contribution is 6.02. The maximum Gasteiger partial charge on any atom is 0.187 e. The molecule has 0 saturated carbocycles. The van der Waals surface area contributed by atoms with E-state index in [-0.39, 0.29) is 5.78 Å². The molecule has 1 fully saturated rings.